The number of aromatic nitrogens is 1. The highest BCUT2D eigenvalue weighted by Crippen LogP contribution is 2.20. The van der Waals surface area contributed by atoms with Crippen LogP contribution in [0.1, 0.15) is 13.0 Å². The number of carbonyl (C=O) groups is 1. The Bertz CT molecular complexity index is 864. The highest BCUT2D eigenvalue weighted by molar-refractivity contribution is 5.96. The number of rotatable bonds is 3. The summed E-state index contributed by atoms with van der Waals surface area (Å²) < 4.78 is 6.58. The summed E-state index contributed by atoms with van der Waals surface area (Å²) in [5, 5.41) is 0. The van der Waals surface area contributed by atoms with Crippen LogP contribution in [0.15, 0.2) is 63.8 Å². The maximum atomic E-state index is 12.7. The molecular weight excluding hydrogens is 280 g/mol. The summed E-state index contributed by atoms with van der Waals surface area (Å²) in [6.45, 7) is 1.70. The zero-order valence-electron chi connectivity index (χ0n) is 12.4. The Labute approximate surface area is 127 Å². The molecule has 1 aromatic heterocycles. The lowest BCUT2D eigenvalue weighted by molar-refractivity contribution is -0.121. The van der Waals surface area contributed by atoms with Crippen molar-refractivity contribution in [1.29, 1.82) is 0 Å². The van der Waals surface area contributed by atoms with E-state index in [1.165, 1.54) is 4.57 Å². The van der Waals surface area contributed by atoms with Crippen molar-refractivity contribution >= 4 is 22.7 Å². The fourth-order valence-electron chi connectivity index (χ4n) is 2.52. The summed E-state index contributed by atoms with van der Waals surface area (Å²) in [4.78, 5) is 26.3. The van der Waals surface area contributed by atoms with Gasteiger partial charge in [-0.3, -0.25) is 9.36 Å². The number of hydrogen-bond acceptors (Lipinski definition) is 3. The topological polar surface area (TPSA) is 55.5 Å². The van der Waals surface area contributed by atoms with E-state index < -0.39 is 11.8 Å². The minimum absolute atomic E-state index is 0.181. The average Bonchev–Trinajstić information content (AvgIpc) is 2.89. The lowest BCUT2D eigenvalue weighted by Crippen LogP contribution is -2.35. The van der Waals surface area contributed by atoms with Gasteiger partial charge in [-0.2, -0.15) is 0 Å². The maximum absolute atomic E-state index is 12.7. The van der Waals surface area contributed by atoms with Crippen LogP contribution in [-0.2, 0) is 4.79 Å². The molecule has 0 aliphatic heterocycles. The molecule has 22 heavy (non-hydrogen) atoms. The van der Waals surface area contributed by atoms with Crippen LogP contribution in [0.3, 0.4) is 0 Å². The Morgan fingerprint density at radius 3 is 2.45 bits per heavy atom. The lowest BCUT2D eigenvalue weighted by Gasteiger charge is -2.21. The third-order valence-corrected chi connectivity index (χ3v) is 3.74. The summed E-state index contributed by atoms with van der Waals surface area (Å²) >= 11 is 0. The highest BCUT2D eigenvalue weighted by atomic mass is 16.4. The molecular formula is C17H16N2O3. The first-order valence-corrected chi connectivity index (χ1v) is 7.02. The van der Waals surface area contributed by atoms with E-state index in [4.69, 9.17) is 4.42 Å². The van der Waals surface area contributed by atoms with Gasteiger partial charge in [-0.1, -0.05) is 30.3 Å². The van der Waals surface area contributed by atoms with E-state index in [9.17, 15) is 9.59 Å². The molecule has 0 unspecified atom stereocenters. The van der Waals surface area contributed by atoms with E-state index in [0.717, 1.165) is 5.69 Å². The Balaban J connectivity index is 1.99. The Kier molecular flexibility index (Phi) is 3.55. The van der Waals surface area contributed by atoms with Gasteiger partial charge in [0.2, 0.25) is 5.91 Å². The number of hydrogen-bond donors (Lipinski definition) is 0. The molecule has 0 N–H and O–H groups in total. The maximum Gasteiger partial charge on any atom is 0.420 e. The molecule has 0 saturated heterocycles. The van der Waals surface area contributed by atoms with Crippen LogP contribution in [0.4, 0.5) is 5.69 Å². The molecule has 0 aliphatic carbocycles. The van der Waals surface area contributed by atoms with Crippen LogP contribution in [0.5, 0.6) is 0 Å². The van der Waals surface area contributed by atoms with Crippen molar-refractivity contribution in [1.82, 2.24) is 4.57 Å². The average molecular weight is 296 g/mol. The Morgan fingerprint density at radius 2 is 1.73 bits per heavy atom. The molecule has 0 spiro atoms. The second-order valence-corrected chi connectivity index (χ2v) is 5.11. The van der Waals surface area contributed by atoms with Crippen LogP contribution in [-0.4, -0.2) is 17.5 Å². The van der Waals surface area contributed by atoms with Crippen molar-refractivity contribution in [3.63, 3.8) is 0 Å². The van der Waals surface area contributed by atoms with Crippen molar-refractivity contribution in [3.05, 3.63) is 65.1 Å². The smallest absolute Gasteiger partial charge is 0.408 e. The molecule has 0 saturated carbocycles. The van der Waals surface area contributed by atoms with Gasteiger partial charge < -0.3 is 9.32 Å². The number of benzene rings is 2. The predicted octanol–water partition coefficient (Wildman–Crippen LogP) is 2.82. The van der Waals surface area contributed by atoms with Gasteiger partial charge in [0.25, 0.3) is 0 Å². The van der Waals surface area contributed by atoms with Gasteiger partial charge in [0.15, 0.2) is 5.58 Å². The van der Waals surface area contributed by atoms with Crippen molar-refractivity contribution in [3.8, 4) is 0 Å². The van der Waals surface area contributed by atoms with Crippen LogP contribution in [0.2, 0.25) is 0 Å². The SMILES string of the molecule is C[C@@H](C(=O)N(C)c1ccccc1)n1c(=O)oc2ccccc21. The minimum atomic E-state index is -0.652. The largest absolute Gasteiger partial charge is 0.420 e. The second kappa shape index (κ2) is 5.52. The zero-order chi connectivity index (χ0) is 15.7. The number of amides is 1. The molecule has 0 radical (unpaired) electrons. The van der Waals surface area contributed by atoms with E-state index in [1.807, 2.05) is 36.4 Å². The molecule has 0 fully saturated rings. The zero-order valence-corrected chi connectivity index (χ0v) is 12.4. The summed E-state index contributed by atoms with van der Waals surface area (Å²) in [5.41, 5.74) is 1.88. The molecule has 1 heterocycles. The summed E-state index contributed by atoms with van der Waals surface area (Å²) in [7, 11) is 1.70. The van der Waals surface area contributed by atoms with Gasteiger partial charge >= 0.3 is 5.76 Å². The lowest BCUT2D eigenvalue weighted by atomic mass is 10.2. The Hall–Kier alpha value is -2.82. The molecule has 0 aliphatic rings. The standard InChI is InChI=1S/C17H16N2O3/c1-12(16(20)18(2)13-8-4-3-5-9-13)19-14-10-6-7-11-15(14)22-17(19)21/h3-12H,1-2H3/t12-/m0/s1. The molecule has 5 heteroatoms. The van der Waals surface area contributed by atoms with Crippen LogP contribution in [0, 0.1) is 0 Å². The second-order valence-electron chi connectivity index (χ2n) is 5.11. The summed E-state index contributed by atoms with van der Waals surface area (Å²) in [6.07, 6.45) is 0. The fourth-order valence-corrected chi connectivity index (χ4v) is 2.52. The molecule has 1 amide bonds. The third-order valence-electron chi connectivity index (χ3n) is 3.74. The van der Waals surface area contributed by atoms with Crippen LogP contribution < -0.4 is 10.7 Å². The number of fused-ring (bicyclic) bond motifs is 1. The van der Waals surface area contributed by atoms with Crippen LogP contribution >= 0.6 is 0 Å². The first-order chi connectivity index (χ1) is 10.6. The number of carbonyl (C=O) groups excluding carboxylic acids is 1. The van der Waals surface area contributed by atoms with E-state index in [-0.39, 0.29) is 5.91 Å². The third kappa shape index (κ3) is 2.30. The van der Waals surface area contributed by atoms with E-state index >= 15 is 0 Å². The summed E-state index contributed by atoms with van der Waals surface area (Å²) in [5.74, 6) is -0.705. The molecule has 1 atom stereocenters. The van der Waals surface area contributed by atoms with Gasteiger partial charge in [0.05, 0.1) is 5.52 Å². The number of likely N-dealkylation sites (N-methyl/N-ethyl adjacent to an activating group) is 1. The molecule has 3 rings (SSSR count). The number of oxazole rings is 1. The van der Waals surface area contributed by atoms with Crippen molar-refractivity contribution in [2.45, 2.75) is 13.0 Å². The quantitative estimate of drug-likeness (QED) is 0.747. The van der Waals surface area contributed by atoms with Crippen molar-refractivity contribution in [2.24, 2.45) is 0 Å². The molecule has 112 valence electrons. The molecule has 3 aromatic rings. The van der Waals surface area contributed by atoms with Crippen molar-refractivity contribution < 1.29 is 9.21 Å². The monoisotopic (exact) mass is 296 g/mol. The van der Waals surface area contributed by atoms with Gasteiger partial charge in [-0.05, 0) is 31.2 Å². The highest BCUT2D eigenvalue weighted by Gasteiger charge is 2.24. The normalized spacial score (nSPS) is 12.3. The summed E-state index contributed by atoms with van der Waals surface area (Å²) in [6, 6.07) is 15.7. The first-order valence-electron chi connectivity index (χ1n) is 7.02. The van der Waals surface area contributed by atoms with Gasteiger partial charge in [0, 0.05) is 12.7 Å². The fraction of sp³-hybridized carbons (Fsp3) is 0.176. The van der Waals surface area contributed by atoms with E-state index in [2.05, 4.69) is 0 Å². The van der Waals surface area contributed by atoms with E-state index in [0.29, 0.717) is 11.1 Å². The van der Waals surface area contributed by atoms with Gasteiger partial charge in [0.1, 0.15) is 6.04 Å². The van der Waals surface area contributed by atoms with Crippen molar-refractivity contribution in [2.75, 3.05) is 11.9 Å². The first kappa shape index (κ1) is 14.1. The molecule has 5 nitrogen and oxygen atoms in total. The van der Waals surface area contributed by atoms with Gasteiger partial charge in [-0.15, -0.1) is 0 Å². The predicted molar refractivity (Wildman–Crippen MR) is 85.0 cm³/mol. The van der Waals surface area contributed by atoms with Gasteiger partial charge in [-0.25, -0.2) is 4.79 Å². The number of anilines is 1. The van der Waals surface area contributed by atoms with Crippen LogP contribution in [0.25, 0.3) is 11.1 Å². The minimum Gasteiger partial charge on any atom is -0.408 e. The number of nitrogens with zero attached hydrogens (tertiary/aromatic N) is 2. The Morgan fingerprint density at radius 1 is 1.09 bits per heavy atom. The molecule has 0 bridgehead atoms. The van der Waals surface area contributed by atoms with E-state index in [1.54, 1.807) is 37.1 Å². The molecule has 2 aromatic carbocycles. The number of para-hydroxylation sites is 3.